The zero-order valence-corrected chi connectivity index (χ0v) is 15.0. The first-order valence-electron chi connectivity index (χ1n) is 8.38. The molecule has 5 nitrogen and oxygen atoms in total. The molecule has 0 aliphatic heterocycles. The van der Waals surface area contributed by atoms with E-state index in [1.165, 1.54) is 13.2 Å². The molecule has 1 N–H and O–H groups in total. The summed E-state index contributed by atoms with van der Waals surface area (Å²) >= 11 is 0. The third kappa shape index (κ3) is 4.03. The van der Waals surface area contributed by atoms with Crippen LogP contribution in [0.25, 0.3) is 11.4 Å². The Morgan fingerprint density at radius 1 is 1.19 bits per heavy atom. The van der Waals surface area contributed by atoms with Gasteiger partial charge in [-0.15, -0.1) is 0 Å². The number of pyridine rings is 1. The van der Waals surface area contributed by atoms with E-state index in [1.807, 2.05) is 32.2 Å². The zero-order chi connectivity index (χ0) is 18.5. The largest absolute Gasteiger partial charge is 0.497 e. The Balaban J connectivity index is 1.71. The number of aromatic nitrogens is 3. The molecule has 0 saturated heterocycles. The van der Waals surface area contributed by atoms with Gasteiger partial charge in [0.05, 0.1) is 7.11 Å². The number of ether oxygens (including phenoxy) is 1. The highest BCUT2D eigenvalue weighted by Crippen LogP contribution is 2.21. The molecule has 26 heavy (non-hydrogen) atoms. The summed E-state index contributed by atoms with van der Waals surface area (Å²) in [6.07, 6.45) is 5.26. The molecule has 3 rings (SSSR count). The molecule has 1 aromatic carbocycles. The minimum atomic E-state index is -0.287. The lowest BCUT2D eigenvalue weighted by Crippen LogP contribution is -2.20. The summed E-state index contributed by atoms with van der Waals surface area (Å²) in [5, 5.41) is 3.32. The molecule has 2 aromatic heterocycles. The number of benzene rings is 1. The Bertz CT molecular complexity index is 886. The van der Waals surface area contributed by atoms with Gasteiger partial charge in [0.1, 0.15) is 11.6 Å². The lowest BCUT2D eigenvalue weighted by atomic mass is 10.1. The molecule has 6 heteroatoms. The number of halogens is 1. The molecule has 0 spiro atoms. The van der Waals surface area contributed by atoms with Crippen molar-refractivity contribution >= 4 is 0 Å². The van der Waals surface area contributed by atoms with Crippen LogP contribution >= 0.6 is 0 Å². The molecule has 0 amide bonds. The van der Waals surface area contributed by atoms with Gasteiger partial charge in [0.15, 0.2) is 5.82 Å². The van der Waals surface area contributed by atoms with E-state index >= 15 is 0 Å². The van der Waals surface area contributed by atoms with Crippen LogP contribution in [0.1, 0.15) is 29.8 Å². The molecule has 0 radical (unpaired) electrons. The van der Waals surface area contributed by atoms with Gasteiger partial charge in [-0.05, 0) is 32.0 Å². The van der Waals surface area contributed by atoms with E-state index in [9.17, 15) is 4.39 Å². The molecule has 0 unspecified atom stereocenters. The van der Waals surface area contributed by atoms with Crippen LogP contribution in [0.4, 0.5) is 4.39 Å². The second-order valence-corrected chi connectivity index (χ2v) is 6.03. The van der Waals surface area contributed by atoms with E-state index in [4.69, 9.17) is 4.74 Å². The SMILES string of the molecule is COc1ccc(CN[C@H](C)c2cnc(-c3ccncc3)nc2C)c(F)c1. The molecular weight excluding hydrogens is 331 g/mol. The quantitative estimate of drug-likeness (QED) is 0.730. The number of nitrogens with one attached hydrogen (secondary N) is 1. The summed E-state index contributed by atoms with van der Waals surface area (Å²) in [5.74, 6) is 0.891. The first-order valence-corrected chi connectivity index (χ1v) is 8.38. The van der Waals surface area contributed by atoms with Crippen LogP contribution < -0.4 is 10.1 Å². The summed E-state index contributed by atoms with van der Waals surface area (Å²) < 4.78 is 19.1. The van der Waals surface area contributed by atoms with Crippen molar-refractivity contribution in [1.29, 1.82) is 0 Å². The predicted molar refractivity (Wildman–Crippen MR) is 98.2 cm³/mol. The lowest BCUT2D eigenvalue weighted by molar-refractivity contribution is 0.410. The lowest BCUT2D eigenvalue weighted by Gasteiger charge is -2.17. The van der Waals surface area contributed by atoms with Gasteiger partial charge in [-0.1, -0.05) is 6.07 Å². The van der Waals surface area contributed by atoms with Crippen molar-refractivity contribution in [2.24, 2.45) is 0 Å². The molecular formula is C20H21FN4O. The minimum absolute atomic E-state index is 0.0111. The summed E-state index contributed by atoms with van der Waals surface area (Å²) in [6, 6.07) is 8.61. The van der Waals surface area contributed by atoms with Crippen molar-refractivity contribution in [2.45, 2.75) is 26.4 Å². The highest BCUT2D eigenvalue weighted by molar-refractivity contribution is 5.53. The van der Waals surface area contributed by atoms with Crippen molar-refractivity contribution in [3.63, 3.8) is 0 Å². The van der Waals surface area contributed by atoms with E-state index in [1.54, 1.807) is 24.5 Å². The van der Waals surface area contributed by atoms with Gasteiger partial charge in [-0.3, -0.25) is 4.98 Å². The second kappa shape index (κ2) is 8.01. The molecule has 0 aliphatic rings. The van der Waals surface area contributed by atoms with Crippen LogP contribution in [0.2, 0.25) is 0 Å². The first-order chi connectivity index (χ1) is 12.6. The van der Waals surface area contributed by atoms with Crippen molar-refractivity contribution in [3.05, 3.63) is 71.6 Å². The van der Waals surface area contributed by atoms with Crippen LogP contribution in [0.3, 0.4) is 0 Å². The normalized spacial score (nSPS) is 12.0. The number of methoxy groups -OCH3 is 1. The van der Waals surface area contributed by atoms with E-state index < -0.39 is 0 Å². The highest BCUT2D eigenvalue weighted by atomic mass is 19.1. The molecule has 3 aromatic rings. The van der Waals surface area contributed by atoms with Crippen LogP contribution in [0.5, 0.6) is 5.75 Å². The van der Waals surface area contributed by atoms with Gasteiger partial charge in [-0.2, -0.15) is 0 Å². The highest BCUT2D eigenvalue weighted by Gasteiger charge is 2.13. The maximum absolute atomic E-state index is 14.1. The molecule has 0 saturated carbocycles. The fourth-order valence-electron chi connectivity index (χ4n) is 2.71. The standard InChI is InChI=1S/C20H21FN4O/c1-13(23-11-16-4-5-17(26-3)10-19(16)21)18-12-24-20(25-14(18)2)15-6-8-22-9-7-15/h4-10,12-13,23H,11H2,1-3H3/t13-/m1/s1. The van der Waals surface area contributed by atoms with Crippen molar-refractivity contribution in [2.75, 3.05) is 7.11 Å². The Morgan fingerprint density at radius 2 is 1.96 bits per heavy atom. The number of nitrogens with zero attached hydrogens (tertiary/aromatic N) is 3. The Morgan fingerprint density at radius 3 is 2.62 bits per heavy atom. The van der Waals surface area contributed by atoms with Gasteiger partial charge in [-0.25, -0.2) is 14.4 Å². The van der Waals surface area contributed by atoms with Crippen molar-refractivity contribution in [3.8, 4) is 17.1 Å². The fourth-order valence-corrected chi connectivity index (χ4v) is 2.71. The first kappa shape index (κ1) is 17.9. The van der Waals surface area contributed by atoms with Crippen LogP contribution in [-0.2, 0) is 6.54 Å². The van der Waals surface area contributed by atoms with Gasteiger partial charge < -0.3 is 10.1 Å². The van der Waals surface area contributed by atoms with E-state index in [0.717, 1.165) is 16.8 Å². The number of hydrogen-bond acceptors (Lipinski definition) is 5. The minimum Gasteiger partial charge on any atom is -0.497 e. The second-order valence-electron chi connectivity index (χ2n) is 6.03. The maximum Gasteiger partial charge on any atom is 0.159 e. The third-order valence-corrected chi connectivity index (χ3v) is 4.28. The van der Waals surface area contributed by atoms with Gasteiger partial charge in [0.2, 0.25) is 0 Å². The fraction of sp³-hybridized carbons (Fsp3) is 0.250. The summed E-state index contributed by atoms with van der Waals surface area (Å²) in [6.45, 7) is 4.37. The number of hydrogen-bond donors (Lipinski definition) is 1. The van der Waals surface area contributed by atoms with E-state index in [-0.39, 0.29) is 11.9 Å². The molecule has 0 aliphatic carbocycles. The molecule has 1 atom stereocenters. The van der Waals surface area contributed by atoms with Gasteiger partial charge in [0, 0.05) is 59.6 Å². The number of aryl methyl sites for hydroxylation is 1. The van der Waals surface area contributed by atoms with Crippen molar-refractivity contribution < 1.29 is 9.13 Å². The summed E-state index contributed by atoms with van der Waals surface area (Å²) in [4.78, 5) is 13.1. The van der Waals surface area contributed by atoms with Gasteiger partial charge in [0.25, 0.3) is 0 Å². The van der Waals surface area contributed by atoms with E-state index in [2.05, 4.69) is 20.3 Å². The molecule has 2 heterocycles. The summed E-state index contributed by atoms with van der Waals surface area (Å²) in [5.41, 5.74) is 3.39. The van der Waals surface area contributed by atoms with Crippen molar-refractivity contribution in [1.82, 2.24) is 20.3 Å². The Hall–Kier alpha value is -2.86. The molecule has 134 valence electrons. The smallest absolute Gasteiger partial charge is 0.159 e. The van der Waals surface area contributed by atoms with Gasteiger partial charge >= 0.3 is 0 Å². The predicted octanol–water partition coefficient (Wildman–Crippen LogP) is 3.85. The van der Waals surface area contributed by atoms with Crippen LogP contribution in [0, 0.1) is 12.7 Å². The molecule has 0 bridgehead atoms. The zero-order valence-electron chi connectivity index (χ0n) is 15.0. The van der Waals surface area contributed by atoms with E-state index in [0.29, 0.717) is 23.7 Å². The van der Waals surface area contributed by atoms with Crippen LogP contribution in [0.15, 0.2) is 48.9 Å². The maximum atomic E-state index is 14.1. The topological polar surface area (TPSA) is 59.9 Å². The molecule has 0 fully saturated rings. The third-order valence-electron chi connectivity index (χ3n) is 4.28. The Kier molecular flexibility index (Phi) is 5.53. The average molecular weight is 352 g/mol. The Labute approximate surface area is 152 Å². The summed E-state index contributed by atoms with van der Waals surface area (Å²) in [7, 11) is 1.52. The monoisotopic (exact) mass is 352 g/mol. The average Bonchev–Trinajstić information content (AvgIpc) is 2.67. The number of rotatable bonds is 6. The van der Waals surface area contributed by atoms with Crippen LogP contribution in [-0.4, -0.2) is 22.1 Å².